The first-order valence-electron chi connectivity index (χ1n) is 6.34. The molecule has 0 bridgehead atoms. The number of nitrogens with zero attached hydrogens (tertiary/aromatic N) is 2. The van der Waals surface area contributed by atoms with E-state index in [0.29, 0.717) is 5.02 Å². The summed E-state index contributed by atoms with van der Waals surface area (Å²) < 4.78 is 0. The number of halogens is 1. The topological polar surface area (TPSA) is 93.4 Å². The molecule has 6 nitrogen and oxygen atoms in total. The molecule has 0 aliphatic heterocycles. The number of nitriles is 1. The minimum atomic E-state index is -1.16. The van der Waals surface area contributed by atoms with E-state index in [-0.39, 0.29) is 30.3 Å². The number of rotatable bonds is 5. The van der Waals surface area contributed by atoms with Crippen LogP contribution in [0.1, 0.15) is 30.6 Å². The van der Waals surface area contributed by atoms with Gasteiger partial charge in [-0.1, -0.05) is 11.6 Å². The summed E-state index contributed by atoms with van der Waals surface area (Å²) in [5, 5.41) is 20.6. The van der Waals surface area contributed by atoms with Crippen molar-refractivity contribution in [1.82, 2.24) is 4.90 Å². The maximum absolute atomic E-state index is 12.2. The second-order valence-corrected chi connectivity index (χ2v) is 5.06. The first kappa shape index (κ1) is 16.8. The van der Waals surface area contributed by atoms with Crippen LogP contribution in [0.25, 0.3) is 0 Å². The Balaban J connectivity index is 2.98. The van der Waals surface area contributed by atoms with Crippen molar-refractivity contribution in [3.8, 4) is 6.07 Å². The molecule has 112 valence electrons. The number of benzene rings is 1. The van der Waals surface area contributed by atoms with E-state index in [1.54, 1.807) is 0 Å². The number of hydrogen-bond donors (Lipinski definition) is 2. The maximum atomic E-state index is 12.2. The Morgan fingerprint density at radius 2 is 2.14 bits per heavy atom. The molecule has 0 unspecified atom stereocenters. The van der Waals surface area contributed by atoms with Gasteiger partial charge in [0.15, 0.2) is 0 Å². The summed E-state index contributed by atoms with van der Waals surface area (Å²) in [6.07, 6.45) is 0.201. The smallest absolute Gasteiger partial charge is 0.337 e. The fraction of sp³-hybridized carbons (Fsp3) is 0.357. The first-order valence-corrected chi connectivity index (χ1v) is 6.72. The lowest BCUT2D eigenvalue weighted by Gasteiger charge is -2.26. The van der Waals surface area contributed by atoms with Gasteiger partial charge in [0.2, 0.25) is 0 Å². The molecule has 0 aliphatic rings. The Bertz CT molecular complexity index is 581. The Labute approximate surface area is 127 Å². The van der Waals surface area contributed by atoms with Crippen molar-refractivity contribution in [2.24, 2.45) is 0 Å². The molecule has 21 heavy (non-hydrogen) atoms. The number of urea groups is 1. The highest BCUT2D eigenvalue weighted by molar-refractivity contribution is 6.31. The summed E-state index contributed by atoms with van der Waals surface area (Å²) in [6.45, 7) is 3.89. The van der Waals surface area contributed by atoms with Crippen molar-refractivity contribution >= 4 is 29.3 Å². The van der Waals surface area contributed by atoms with Crippen LogP contribution in [-0.4, -0.2) is 34.6 Å². The van der Waals surface area contributed by atoms with Gasteiger partial charge in [-0.25, -0.2) is 9.59 Å². The Morgan fingerprint density at radius 1 is 1.48 bits per heavy atom. The van der Waals surface area contributed by atoms with Gasteiger partial charge in [-0.15, -0.1) is 0 Å². The number of carbonyl (C=O) groups is 2. The molecule has 0 aromatic heterocycles. The monoisotopic (exact) mass is 309 g/mol. The zero-order valence-corrected chi connectivity index (χ0v) is 12.5. The van der Waals surface area contributed by atoms with Crippen LogP contribution < -0.4 is 5.32 Å². The normalized spacial score (nSPS) is 10.0. The number of carbonyl (C=O) groups excluding carboxylic acids is 1. The Hall–Kier alpha value is -2.26. The molecule has 0 saturated carbocycles. The van der Waals surface area contributed by atoms with Gasteiger partial charge in [0.1, 0.15) is 0 Å². The molecular formula is C14H16ClN3O3. The van der Waals surface area contributed by atoms with E-state index in [1.807, 2.05) is 19.9 Å². The maximum Gasteiger partial charge on any atom is 0.337 e. The molecule has 1 aromatic rings. The molecule has 0 atom stereocenters. The van der Waals surface area contributed by atoms with Crippen molar-refractivity contribution in [3.63, 3.8) is 0 Å². The van der Waals surface area contributed by atoms with E-state index in [9.17, 15) is 9.59 Å². The SMILES string of the molecule is CC(C)N(CCC#N)C(=O)Nc1cc(Cl)ccc1C(=O)O. The molecule has 7 heteroatoms. The lowest BCUT2D eigenvalue weighted by molar-refractivity contribution is 0.0698. The van der Waals surface area contributed by atoms with Gasteiger partial charge in [0.05, 0.1) is 23.7 Å². The summed E-state index contributed by atoms with van der Waals surface area (Å²) in [6, 6.07) is 5.54. The zero-order chi connectivity index (χ0) is 16.0. The van der Waals surface area contributed by atoms with Gasteiger partial charge in [-0.3, -0.25) is 0 Å². The van der Waals surface area contributed by atoms with Crippen LogP contribution in [0.15, 0.2) is 18.2 Å². The minimum Gasteiger partial charge on any atom is -0.478 e. The number of anilines is 1. The van der Waals surface area contributed by atoms with E-state index in [2.05, 4.69) is 5.32 Å². The quantitative estimate of drug-likeness (QED) is 0.873. The number of hydrogen-bond acceptors (Lipinski definition) is 3. The minimum absolute atomic E-state index is 0.0447. The largest absolute Gasteiger partial charge is 0.478 e. The third-order valence-corrected chi connectivity index (χ3v) is 3.04. The predicted molar refractivity (Wildman–Crippen MR) is 79.5 cm³/mol. The molecule has 0 saturated heterocycles. The van der Waals surface area contributed by atoms with Gasteiger partial charge >= 0.3 is 12.0 Å². The van der Waals surface area contributed by atoms with Gasteiger partial charge in [-0.05, 0) is 32.0 Å². The Morgan fingerprint density at radius 3 is 2.67 bits per heavy atom. The molecule has 0 spiro atoms. The average Bonchev–Trinajstić information content (AvgIpc) is 2.38. The Kier molecular flexibility index (Phi) is 6.00. The van der Waals surface area contributed by atoms with Crippen molar-refractivity contribution in [2.75, 3.05) is 11.9 Å². The molecule has 0 fully saturated rings. The summed E-state index contributed by atoms with van der Waals surface area (Å²) >= 11 is 5.83. The standard InChI is InChI=1S/C14H16ClN3O3/c1-9(2)18(7-3-6-16)14(21)17-12-8-10(15)4-5-11(12)13(19)20/h4-5,8-9H,3,7H2,1-2H3,(H,17,21)(H,19,20). The highest BCUT2D eigenvalue weighted by Gasteiger charge is 2.19. The van der Waals surface area contributed by atoms with E-state index in [4.69, 9.17) is 22.0 Å². The molecular weight excluding hydrogens is 294 g/mol. The molecule has 0 aliphatic carbocycles. The van der Waals surface area contributed by atoms with Gasteiger partial charge in [0, 0.05) is 17.6 Å². The molecule has 2 N–H and O–H groups in total. The van der Waals surface area contributed by atoms with E-state index >= 15 is 0 Å². The van der Waals surface area contributed by atoms with Crippen molar-refractivity contribution in [1.29, 1.82) is 5.26 Å². The van der Waals surface area contributed by atoms with Crippen LogP contribution in [0, 0.1) is 11.3 Å². The second-order valence-electron chi connectivity index (χ2n) is 4.62. The van der Waals surface area contributed by atoms with Gasteiger partial charge in [0.25, 0.3) is 0 Å². The summed E-state index contributed by atoms with van der Waals surface area (Å²) in [4.78, 5) is 24.8. The number of carboxylic acids is 1. The highest BCUT2D eigenvalue weighted by Crippen LogP contribution is 2.22. The van der Waals surface area contributed by atoms with Crippen LogP contribution in [0.4, 0.5) is 10.5 Å². The molecule has 1 aromatic carbocycles. The third kappa shape index (κ3) is 4.65. The molecule has 2 amide bonds. The van der Waals surface area contributed by atoms with Crippen LogP contribution in [-0.2, 0) is 0 Å². The first-order chi connectivity index (χ1) is 9.86. The van der Waals surface area contributed by atoms with Crippen molar-refractivity contribution in [2.45, 2.75) is 26.3 Å². The van der Waals surface area contributed by atoms with Gasteiger partial charge in [-0.2, -0.15) is 5.26 Å². The van der Waals surface area contributed by atoms with E-state index < -0.39 is 12.0 Å². The van der Waals surface area contributed by atoms with Crippen molar-refractivity contribution in [3.05, 3.63) is 28.8 Å². The van der Waals surface area contributed by atoms with Crippen molar-refractivity contribution < 1.29 is 14.7 Å². The summed E-state index contributed by atoms with van der Waals surface area (Å²) in [5.74, 6) is -1.16. The number of aromatic carboxylic acids is 1. The lowest BCUT2D eigenvalue weighted by Crippen LogP contribution is -2.40. The predicted octanol–water partition coefficient (Wildman–Crippen LogP) is 3.19. The summed E-state index contributed by atoms with van der Waals surface area (Å²) in [7, 11) is 0. The van der Waals surface area contributed by atoms with Crippen LogP contribution >= 0.6 is 11.6 Å². The number of carboxylic acid groups (broad SMARTS) is 1. The number of amides is 2. The number of nitrogens with one attached hydrogen (secondary N) is 1. The van der Waals surface area contributed by atoms with Crippen LogP contribution in [0.2, 0.25) is 5.02 Å². The van der Waals surface area contributed by atoms with E-state index in [0.717, 1.165) is 0 Å². The van der Waals surface area contributed by atoms with Crippen LogP contribution in [0.5, 0.6) is 0 Å². The summed E-state index contributed by atoms with van der Waals surface area (Å²) in [5.41, 5.74) is 0.0827. The average molecular weight is 310 g/mol. The van der Waals surface area contributed by atoms with Crippen LogP contribution in [0.3, 0.4) is 0 Å². The second kappa shape index (κ2) is 7.50. The fourth-order valence-electron chi connectivity index (χ4n) is 1.76. The van der Waals surface area contributed by atoms with E-state index in [1.165, 1.54) is 23.1 Å². The highest BCUT2D eigenvalue weighted by atomic mass is 35.5. The third-order valence-electron chi connectivity index (χ3n) is 2.80. The molecule has 0 radical (unpaired) electrons. The molecule has 0 heterocycles. The lowest BCUT2D eigenvalue weighted by atomic mass is 10.2. The van der Waals surface area contributed by atoms with Gasteiger partial charge < -0.3 is 15.3 Å². The zero-order valence-electron chi connectivity index (χ0n) is 11.8. The molecule has 1 rings (SSSR count). The fourth-order valence-corrected chi connectivity index (χ4v) is 1.93.